The summed E-state index contributed by atoms with van der Waals surface area (Å²) in [6.07, 6.45) is 0. The highest BCUT2D eigenvalue weighted by atomic mass is 32.1. The van der Waals surface area contributed by atoms with E-state index in [1.54, 1.807) is 0 Å². The Labute approximate surface area is 322 Å². The molecule has 0 radical (unpaired) electrons. The summed E-state index contributed by atoms with van der Waals surface area (Å²) in [6, 6.07) is 72.3. The summed E-state index contributed by atoms with van der Waals surface area (Å²) in [7, 11) is 0. The highest BCUT2D eigenvalue weighted by Crippen LogP contribution is 2.43. The molecule has 0 N–H and O–H groups in total. The number of furan rings is 1. The highest BCUT2D eigenvalue weighted by Gasteiger charge is 2.18. The first kappa shape index (κ1) is 31.6. The first-order chi connectivity index (χ1) is 27.2. The van der Waals surface area contributed by atoms with Gasteiger partial charge < -0.3 is 9.32 Å². The summed E-state index contributed by atoms with van der Waals surface area (Å²) >= 11 is 1.86. The Morgan fingerprint density at radius 1 is 0.345 bits per heavy atom. The van der Waals surface area contributed by atoms with Crippen LogP contribution in [-0.2, 0) is 0 Å². The van der Waals surface area contributed by atoms with Gasteiger partial charge in [0.25, 0.3) is 0 Å². The third kappa shape index (κ3) is 5.40. The fourth-order valence-electron chi connectivity index (χ4n) is 8.27. The molecule has 0 saturated carbocycles. The van der Waals surface area contributed by atoms with Crippen molar-refractivity contribution in [1.82, 2.24) is 0 Å². The molecular weight excluding hydrogens is 687 g/mol. The number of anilines is 3. The van der Waals surface area contributed by atoms with Gasteiger partial charge in [0, 0.05) is 48.0 Å². The molecule has 3 heteroatoms. The monoisotopic (exact) mass is 719 g/mol. The zero-order valence-electron chi connectivity index (χ0n) is 29.8. The fraction of sp³-hybridized carbons (Fsp3) is 0. The number of thiophene rings is 1. The van der Waals surface area contributed by atoms with Crippen molar-refractivity contribution in [3.8, 4) is 33.4 Å². The molecule has 0 aliphatic rings. The van der Waals surface area contributed by atoms with Crippen LogP contribution in [0.15, 0.2) is 205 Å². The third-order valence-corrected chi connectivity index (χ3v) is 12.0. The van der Waals surface area contributed by atoms with Gasteiger partial charge in [-0.25, -0.2) is 0 Å². The van der Waals surface area contributed by atoms with Crippen molar-refractivity contribution < 1.29 is 4.42 Å². The molecule has 0 fully saturated rings. The number of hydrogen-bond acceptors (Lipinski definition) is 3. The zero-order chi connectivity index (χ0) is 36.3. The van der Waals surface area contributed by atoms with Crippen molar-refractivity contribution in [3.05, 3.63) is 200 Å². The van der Waals surface area contributed by atoms with Crippen LogP contribution in [0.4, 0.5) is 17.1 Å². The molecule has 55 heavy (non-hydrogen) atoms. The summed E-state index contributed by atoms with van der Waals surface area (Å²) < 4.78 is 8.87. The average molecular weight is 720 g/mol. The first-order valence-electron chi connectivity index (χ1n) is 18.7. The molecule has 9 aromatic carbocycles. The van der Waals surface area contributed by atoms with Crippen LogP contribution in [0.2, 0.25) is 0 Å². The van der Waals surface area contributed by atoms with Gasteiger partial charge in [-0.1, -0.05) is 133 Å². The second-order valence-electron chi connectivity index (χ2n) is 14.1. The van der Waals surface area contributed by atoms with Gasteiger partial charge in [-0.2, -0.15) is 0 Å². The molecule has 0 atom stereocenters. The van der Waals surface area contributed by atoms with E-state index in [2.05, 4.69) is 193 Å². The summed E-state index contributed by atoms with van der Waals surface area (Å²) in [6.45, 7) is 0. The molecule has 0 saturated heterocycles. The Balaban J connectivity index is 1.05. The second-order valence-corrected chi connectivity index (χ2v) is 15.2. The van der Waals surface area contributed by atoms with E-state index in [4.69, 9.17) is 4.42 Å². The Bertz CT molecular complexity index is 3220. The summed E-state index contributed by atoms with van der Waals surface area (Å²) in [4.78, 5) is 2.39. The average Bonchev–Trinajstić information content (AvgIpc) is 3.82. The van der Waals surface area contributed by atoms with Gasteiger partial charge in [0.1, 0.15) is 11.2 Å². The molecule has 0 aliphatic heterocycles. The molecule has 258 valence electrons. The highest BCUT2D eigenvalue weighted by molar-refractivity contribution is 7.25. The van der Waals surface area contributed by atoms with E-state index in [0.29, 0.717) is 0 Å². The van der Waals surface area contributed by atoms with Gasteiger partial charge in [0.15, 0.2) is 0 Å². The van der Waals surface area contributed by atoms with Crippen molar-refractivity contribution >= 4 is 81.3 Å². The second kappa shape index (κ2) is 12.9. The Kier molecular flexibility index (Phi) is 7.39. The molecular formula is C52H33NOS. The molecule has 2 aromatic heterocycles. The van der Waals surface area contributed by atoms with Gasteiger partial charge in [0.2, 0.25) is 0 Å². The number of para-hydroxylation sites is 1. The minimum absolute atomic E-state index is 0.903. The van der Waals surface area contributed by atoms with E-state index < -0.39 is 0 Å². The van der Waals surface area contributed by atoms with E-state index in [0.717, 1.165) is 50.1 Å². The van der Waals surface area contributed by atoms with Gasteiger partial charge in [-0.3, -0.25) is 0 Å². The summed E-state index contributed by atoms with van der Waals surface area (Å²) in [5.74, 6) is 0. The molecule has 0 spiro atoms. The van der Waals surface area contributed by atoms with Crippen LogP contribution in [0, 0.1) is 0 Å². The number of fused-ring (bicyclic) bond motifs is 7. The number of rotatable bonds is 6. The van der Waals surface area contributed by atoms with Gasteiger partial charge in [-0.05, 0) is 111 Å². The minimum Gasteiger partial charge on any atom is -0.456 e. The summed E-state index contributed by atoms with van der Waals surface area (Å²) in [5.41, 5.74) is 12.2. The predicted octanol–water partition coefficient (Wildman–Crippen LogP) is 15.6. The largest absolute Gasteiger partial charge is 0.456 e. The van der Waals surface area contributed by atoms with Gasteiger partial charge in [-0.15, -0.1) is 11.3 Å². The van der Waals surface area contributed by atoms with E-state index >= 15 is 0 Å². The third-order valence-electron chi connectivity index (χ3n) is 10.9. The fourth-order valence-corrected chi connectivity index (χ4v) is 9.41. The molecule has 0 amide bonds. The first-order valence-corrected chi connectivity index (χ1v) is 19.5. The van der Waals surface area contributed by atoms with Crippen molar-refractivity contribution in [2.75, 3.05) is 4.90 Å². The van der Waals surface area contributed by atoms with Crippen LogP contribution in [0.3, 0.4) is 0 Å². The van der Waals surface area contributed by atoms with Crippen LogP contribution >= 0.6 is 11.3 Å². The molecule has 0 unspecified atom stereocenters. The molecule has 2 heterocycles. The van der Waals surface area contributed by atoms with Crippen LogP contribution in [0.25, 0.3) is 86.3 Å². The Hall–Kier alpha value is -6.94. The maximum absolute atomic E-state index is 6.25. The smallest absolute Gasteiger partial charge is 0.136 e. The molecule has 2 nitrogen and oxygen atoms in total. The molecule has 0 aliphatic carbocycles. The lowest BCUT2D eigenvalue weighted by atomic mass is 9.97. The van der Waals surface area contributed by atoms with Crippen molar-refractivity contribution in [1.29, 1.82) is 0 Å². The quantitative estimate of drug-likeness (QED) is 0.170. The Morgan fingerprint density at radius 3 is 1.78 bits per heavy atom. The van der Waals surface area contributed by atoms with Crippen LogP contribution in [0.5, 0.6) is 0 Å². The van der Waals surface area contributed by atoms with E-state index in [-0.39, 0.29) is 0 Å². The predicted molar refractivity (Wildman–Crippen MR) is 235 cm³/mol. The Morgan fingerprint density at radius 2 is 0.945 bits per heavy atom. The topological polar surface area (TPSA) is 16.4 Å². The lowest BCUT2D eigenvalue weighted by Gasteiger charge is -2.27. The van der Waals surface area contributed by atoms with Crippen molar-refractivity contribution in [3.63, 3.8) is 0 Å². The minimum atomic E-state index is 0.903. The van der Waals surface area contributed by atoms with Crippen molar-refractivity contribution in [2.45, 2.75) is 0 Å². The van der Waals surface area contributed by atoms with Gasteiger partial charge in [0.05, 0.1) is 0 Å². The lowest BCUT2D eigenvalue weighted by molar-refractivity contribution is 0.669. The maximum atomic E-state index is 6.25. The zero-order valence-corrected chi connectivity index (χ0v) is 30.6. The molecule has 0 bridgehead atoms. The van der Waals surface area contributed by atoms with Crippen molar-refractivity contribution in [2.24, 2.45) is 0 Å². The van der Waals surface area contributed by atoms with E-state index in [1.807, 2.05) is 23.5 Å². The van der Waals surface area contributed by atoms with Crippen LogP contribution in [0.1, 0.15) is 0 Å². The lowest BCUT2D eigenvalue weighted by Crippen LogP contribution is -2.10. The number of hydrogen-bond donors (Lipinski definition) is 0. The van der Waals surface area contributed by atoms with Gasteiger partial charge >= 0.3 is 0 Å². The number of benzene rings is 9. The van der Waals surface area contributed by atoms with E-state index in [9.17, 15) is 0 Å². The number of nitrogens with zero attached hydrogens (tertiary/aromatic N) is 1. The van der Waals surface area contributed by atoms with Crippen LogP contribution < -0.4 is 4.90 Å². The summed E-state index contributed by atoms with van der Waals surface area (Å²) in [5, 5.41) is 7.39. The van der Waals surface area contributed by atoms with E-state index in [1.165, 1.54) is 53.2 Å². The van der Waals surface area contributed by atoms with Crippen LogP contribution in [-0.4, -0.2) is 0 Å². The SMILES string of the molecule is c1cc(-c2cccc3ccccc23)cc(N(c2ccc(-c3ccc4c(c3)oc3ccccc34)cc2)c2cccc(-c3cccc4sc5ccccc5c34)c2)c1. The maximum Gasteiger partial charge on any atom is 0.136 e. The standard InChI is InChI=1S/C52H33NOS/c1-2-17-42-35(11-1)12-9-20-43(42)37-13-7-15-40(31-37)53(39-28-25-34(26-29-39)36-27-30-46-45-18-3-5-22-48(45)54-49(46)33-36)41-16-8-14-38(32-41)44-21-10-24-51-52(44)47-19-4-6-23-50(47)55-51/h1-33H. The molecule has 11 aromatic rings. The molecule has 11 rings (SSSR count). The normalized spacial score (nSPS) is 11.6.